The minimum atomic E-state index is 0.169. The molecule has 0 saturated heterocycles. The first-order chi connectivity index (χ1) is 10.6. The molecular formula is C18H24ClNOS. The molecule has 2 fully saturated rings. The lowest BCUT2D eigenvalue weighted by atomic mass is 9.84. The molecule has 0 spiro atoms. The van der Waals surface area contributed by atoms with Crippen LogP contribution in [-0.4, -0.2) is 17.7 Å². The van der Waals surface area contributed by atoms with Crippen molar-refractivity contribution in [2.45, 2.75) is 44.4 Å². The van der Waals surface area contributed by atoms with E-state index >= 15 is 0 Å². The number of thioether (sulfide) groups is 1. The van der Waals surface area contributed by atoms with Crippen molar-refractivity contribution in [2.24, 2.45) is 17.8 Å². The Hall–Kier alpha value is -0.670. The zero-order valence-corrected chi connectivity index (χ0v) is 14.6. The fourth-order valence-electron chi connectivity index (χ4n) is 4.20. The fourth-order valence-corrected chi connectivity index (χ4v) is 5.20. The summed E-state index contributed by atoms with van der Waals surface area (Å²) >= 11 is 7.62. The molecule has 2 aliphatic rings. The highest BCUT2D eigenvalue weighted by molar-refractivity contribution is 7.99. The van der Waals surface area contributed by atoms with Gasteiger partial charge in [-0.05, 0) is 61.6 Å². The van der Waals surface area contributed by atoms with E-state index in [1.54, 1.807) is 11.8 Å². The number of hydrogen-bond donors (Lipinski definition) is 1. The van der Waals surface area contributed by atoms with Crippen molar-refractivity contribution in [1.82, 2.24) is 5.32 Å². The van der Waals surface area contributed by atoms with E-state index in [0.717, 1.165) is 22.6 Å². The molecule has 2 aliphatic carbocycles. The summed E-state index contributed by atoms with van der Waals surface area (Å²) in [5.41, 5.74) is 1.17. The highest BCUT2D eigenvalue weighted by atomic mass is 35.5. The molecule has 4 unspecified atom stereocenters. The zero-order chi connectivity index (χ0) is 15.5. The van der Waals surface area contributed by atoms with Gasteiger partial charge in [-0.25, -0.2) is 0 Å². The van der Waals surface area contributed by atoms with Crippen LogP contribution < -0.4 is 5.32 Å². The third-order valence-corrected chi connectivity index (χ3v) is 6.45. The molecule has 2 bridgehead atoms. The van der Waals surface area contributed by atoms with E-state index in [4.69, 9.17) is 11.6 Å². The number of fused-ring (bicyclic) bond motifs is 2. The van der Waals surface area contributed by atoms with Crippen molar-refractivity contribution >= 4 is 29.3 Å². The molecule has 0 aromatic heterocycles. The molecule has 1 N–H and O–H groups in total. The molecule has 1 aromatic carbocycles. The summed E-state index contributed by atoms with van der Waals surface area (Å²) < 4.78 is 0. The van der Waals surface area contributed by atoms with Crippen LogP contribution in [0, 0.1) is 17.8 Å². The number of carbonyl (C=O) groups is 1. The van der Waals surface area contributed by atoms with Gasteiger partial charge in [0.05, 0.1) is 5.75 Å². The van der Waals surface area contributed by atoms with Gasteiger partial charge in [-0.1, -0.05) is 30.2 Å². The Morgan fingerprint density at radius 1 is 1.41 bits per heavy atom. The first-order valence-electron chi connectivity index (χ1n) is 8.23. The fraction of sp³-hybridized carbons (Fsp3) is 0.611. The van der Waals surface area contributed by atoms with Gasteiger partial charge in [0.25, 0.3) is 0 Å². The van der Waals surface area contributed by atoms with Gasteiger partial charge >= 0.3 is 0 Å². The molecule has 4 atom stereocenters. The summed E-state index contributed by atoms with van der Waals surface area (Å²) in [5, 5.41) is 3.98. The average Bonchev–Trinajstić information content (AvgIpc) is 3.10. The largest absolute Gasteiger partial charge is 0.353 e. The second-order valence-electron chi connectivity index (χ2n) is 6.82. The van der Waals surface area contributed by atoms with Crippen molar-refractivity contribution in [3.8, 4) is 0 Å². The van der Waals surface area contributed by atoms with Crippen molar-refractivity contribution in [3.05, 3.63) is 34.9 Å². The summed E-state index contributed by atoms with van der Waals surface area (Å²) in [6.07, 6.45) is 5.51. The Morgan fingerprint density at radius 2 is 2.27 bits per heavy atom. The van der Waals surface area contributed by atoms with Gasteiger partial charge in [-0.3, -0.25) is 4.79 Å². The molecule has 0 heterocycles. The standard InChI is InChI=1S/C18H24ClNOS/c1-12(17-9-13-5-6-15(17)7-13)20-18(21)11-22-10-14-3-2-4-16(19)8-14/h2-4,8,12-13,15,17H,5-7,9-11H2,1H3,(H,20,21). The van der Waals surface area contributed by atoms with Crippen LogP contribution in [0.5, 0.6) is 0 Å². The van der Waals surface area contributed by atoms with Gasteiger partial charge < -0.3 is 5.32 Å². The van der Waals surface area contributed by atoms with Gasteiger partial charge in [0, 0.05) is 16.8 Å². The van der Waals surface area contributed by atoms with Crippen LogP contribution in [0.15, 0.2) is 24.3 Å². The van der Waals surface area contributed by atoms with Crippen LogP contribution >= 0.6 is 23.4 Å². The van der Waals surface area contributed by atoms with Crippen molar-refractivity contribution < 1.29 is 4.79 Å². The number of carbonyl (C=O) groups excluding carboxylic acids is 1. The van der Waals surface area contributed by atoms with Crippen LogP contribution in [0.4, 0.5) is 0 Å². The number of benzene rings is 1. The van der Waals surface area contributed by atoms with Gasteiger partial charge in [0.1, 0.15) is 0 Å². The topological polar surface area (TPSA) is 29.1 Å². The lowest BCUT2D eigenvalue weighted by molar-refractivity contribution is -0.119. The van der Waals surface area contributed by atoms with Gasteiger partial charge in [-0.15, -0.1) is 11.8 Å². The lowest BCUT2D eigenvalue weighted by Gasteiger charge is -2.28. The monoisotopic (exact) mass is 337 g/mol. The molecule has 2 nitrogen and oxygen atoms in total. The predicted octanol–water partition coefficient (Wildman–Crippen LogP) is 4.51. The molecule has 0 aliphatic heterocycles. The third kappa shape index (κ3) is 3.99. The first-order valence-corrected chi connectivity index (χ1v) is 9.76. The van der Waals surface area contributed by atoms with Crippen LogP contribution in [0.1, 0.15) is 38.2 Å². The van der Waals surface area contributed by atoms with Crippen molar-refractivity contribution in [2.75, 3.05) is 5.75 Å². The third-order valence-electron chi connectivity index (χ3n) is 5.21. The molecule has 4 heteroatoms. The maximum absolute atomic E-state index is 12.1. The van der Waals surface area contributed by atoms with Gasteiger partial charge in [-0.2, -0.15) is 0 Å². The summed E-state index contributed by atoms with van der Waals surface area (Å²) in [4.78, 5) is 12.1. The number of nitrogens with one attached hydrogen (secondary N) is 1. The van der Waals surface area contributed by atoms with E-state index in [-0.39, 0.29) is 5.91 Å². The predicted molar refractivity (Wildman–Crippen MR) is 94.2 cm³/mol. The van der Waals surface area contributed by atoms with E-state index in [1.807, 2.05) is 18.2 Å². The van der Waals surface area contributed by atoms with E-state index in [1.165, 1.54) is 31.2 Å². The first kappa shape index (κ1) is 16.2. The Labute approximate surface area is 142 Å². The Bertz CT molecular complexity index is 536. The second-order valence-corrected chi connectivity index (χ2v) is 8.24. The van der Waals surface area contributed by atoms with E-state index in [2.05, 4.69) is 18.3 Å². The molecule has 3 rings (SSSR count). The maximum Gasteiger partial charge on any atom is 0.230 e. The molecule has 1 amide bonds. The highest BCUT2D eigenvalue weighted by Crippen LogP contribution is 2.49. The van der Waals surface area contributed by atoms with Crippen LogP contribution in [0.25, 0.3) is 0 Å². The zero-order valence-electron chi connectivity index (χ0n) is 13.1. The lowest BCUT2D eigenvalue weighted by Crippen LogP contribution is -2.40. The molecule has 2 saturated carbocycles. The Morgan fingerprint density at radius 3 is 2.95 bits per heavy atom. The molecule has 0 radical (unpaired) electrons. The van der Waals surface area contributed by atoms with Crippen molar-refractivity contribution in [3.63, 3.8) is 0 Å². The summed E-state index contributed by atoms with van der Waals surface area (Å²) in [7, 11) is 0. The van der Waals surface area contributed by atoms with Crippen LogP contribution in [0.3, 0.4) is 0 Å². The smallest absolute Gasteiger partial charge is 0.230 e. The average molecular weight is 338 g/mol. The van der Waals surface area contributed by atoms with Gasteiger partial charge in [0.2, 0.25) is 5.91 Å². The van der Waals surface area contributed by atoms with Crippen LogP contribution in [-0.2, 0) is 10.5 Å². The summed E-state index contributed by atoms with van der Waals surface area (Å²) in [6.45, 7) is 2.19. The Kier molecular flexibility index (Phi) is 5.35. The minimum Gasteiger partial charge on any atom is -0.353 e. The number of halogens is 1. The minimum absolute atomic E-state index is 0.169. The second kappa shape index (κ2) is 7.27. The normalized spacial score (nSPS) is 27.8. The summed E-state index contributed by atoms with van der Waals surface area (Å²) in [5.74, 6) is 4.03. The summed E-state index contributed by atoms with van der Waals surface area (Å²) in [6, 6.07) is 8.17. The van der Waals surface area contributed by atoms with E-state index in [9.17, 15) is 4.79 Å². The SMILES string of the molecule is CC(NC(=O)CSCc1cccc(Cl)c1)C1CC2CCC1C2. The molecule has 22 heavy (non-hydrogen) atoms. The van der Waals surface area contributed by atoms with Crippen molar-refractivity contribution in [1.29, 1.82) is 0 Å². The molecule has 1 aromatic rings. The van der Waals surface area contributed by atoms with E-state index in [0.29, 0.717) is 17.7 Å². The Balaban J connectivity index is 1.39. The molecular weight excluding hydrogens is 314 g/mol. The number of amides is 1. The van der Waals surface area contributed by atoms with Gasteiger partial charge in [0.15, 0.2) is 0 Å². The maximum atomic E-state index is 12.1. The quantitative estimate of drug-likeness (QED) is 0.827. The highest BCUT2D eigenvalue weighted by Gasteiger charge is 2.42. The number of hydrogen-bond acceptors (Lipinski definition) is 2. The van der Waals surface area contributed by atoms with Crippen LogP contribution in [0.2, 0.25) is 5.02 Å². The molecule has 120 valence electrons. The van der Waals surface area contributed by atoms with E-state index < -0.39 is 0 Å². The number of rotatable bonds is 6.